The van der Waals surface area contributed by atoms with Gasteiger partial charge in [0.15, 0.2) is 11.9 Å². The van der Waals surface area contributed by atoms with Crippen LogP contribution in [0.1, 0.15) is 12.8 Å². The van der Waals surface area contributed by atoms with E-state index in [0.29, 0.717) is 31.0 Å². The highest BCUT2D eigenvalue weighted by Crippen LogP contribution is 2.21. The summed E-state index contributed by atoms with van der Waals surface area (Å²) >= 11 is 0. The van der Waals surface area contributed by atoms with E-state index in [1.807, 2.05) is 0 Å². The normalized spacial score (nSPS) is 22.7. The van der Waals surface area contributed by atoms with Crippen LogP contribution in [-0.2, 0) is 16.1 Å². The lowest BCUT2D eigenvalue weighted by atomic mass is 10.2. The molecule has 1 fully saturated rings. The second-order valence-electron chi connectivity index (χ2n) is 4.31. The first kappa shape index (κ1) is 11.8. The molecule has 8 heteroatoms. The molecular formula is C11H12N4O4. The lowest BCUT2D eigenvalue weighted by molar-refractivity contribution is -0.149. The van der Waals surface area contributed by atoms with Crippen LogP contribution < -0.4 is 0 Å². The van der Waals surface area contributed by atoms with E-state index in [0.717, 1.165) is 0 Å². The van der Waals surface area contributed by atoms with Gasteiger partial charge in [0.2, 0.25) is 5.82 Å². The summed E-state index contributed by atoms with van der Waals surface area (Å²) in [6.45, 7) is 0.386. The second-order valence-corrected chi connectivity index (χ2v) is 4.31. The van der Waals surface area contributed by atoms with E-state index in [1.54, 1.807) is 12.1 Å². The van der Waals surface area contributed by atoms with Crippen molar-refractivity contribution in [3.8, 4) is 11.6 Å². The van der Waals surface area contributed by atoms with E-state index >= 15 is 0 Å². The van der Waals surface area contributed by atoms with Crippen molar-refractivity contribution in [1.82, 2.24) is 20.2 Å². The van der Waals surface area contributed by atoms with Crippen LogP contribution in [0.2, 0.25) is 0 Å². The Kier molecular flexibility index (Phi) is 3.00. The molecule has 19 heavy (non-hydrogen) atoms. The maximum absolute atomic E-state index is 10.8. The van der Waals surface area contributed by atoms with Gasteiger partial charge < -0.3 is 14.3 Å². The minimum atomic E-state index is -0.926. The Morgan fingerprint density at radius 3 is 3.11 bits per heavy atom. The summed E-state index contributed by atoms with van der Waals surface area (Å²) in [7, 11) is 0. The van der Waals surface area contributed by atoms with E-state index in [9.17, 15) is 4.79 Å². The van der Waals surface area contributed by atoms with Crippen molar-refractivity contribution in [2.75, 3.05) is 0 Å². The summed E-state index contributed by atoms with van der Waals surface area (Å²) in [5.74, 6) is 0.0186. The Labute approximate surface area is 108 Å². The van der Waals surface area contributed by atoms with Crippen LogP contribution >= 0.6 is 0 Å². The second kappa shape index (κ2) is 4.81. The van der Waals surface area contributed by atoms with Crippen molar-refractivity contribution >= 4 is 5.97 Å². The van der Waals surface area contributed by atoms with Crippen molar-refractivity contribution in [2.24, 2.45) is 0 Å². The maximum Gasteiger partial charge on any atom is 0.332 e. The van der Waals surface area contributed by atoms with Crippen LogP contribution in [0.25, 0.3) is 11.6 Å². The number of hydrogen-bond donors (Lipinski definition) is 1. The fourth-order valence-electron chi connectivity index (χ4n) is 2.03. The number of aromatic nitrogens is 4. The zero-order valence-corrected chi connectivity index (χ0v) is 9.97. The number of aliphatic carboxylic acids is 1. The lowest BCUT2D eigenvalue weighted by Crippen LogP contribution is -2.23. The molecule has 0 amide bonds. The molecule has 0 spiro atoms. The van der Waals surface area contributed by atoms with Gasteiger partial charge in [0.25, 0.3) is 0 Å². The third kappa shape index (κ3) is 2.48. The van der Waals surface area contributed by atoms with Crippen molar-refractivity contribution < 1.29 is 19.1 Å². The minimum Gasteiger partial charge on any atom is -0.479 e. The predicted molar refractivity (Wildman–Crippen MR) is 61.0 cm³/mol. The SMILES string of the molecule is O=C(O)C1CCC(Cn2nnc(-c3ccco3)n2)O1. The number of nitrogens with zero attached hydrogens (tertiary/aromatic N) is 4. The van der Waals surface area contributed by atoms with Gasteiger partial charge in [0.05, 0.1) is 18.9 Å². The standard InChI is InChI=1S/C11H12N4O4/c16-11(17)9-4-3-7(19-9)6-15-13-10(12-14-15)8-2-1-5-18-8/h1-2,5,7,9H,3-4,6H2,(H,16,17). The average molecular weight is 264 g/mol. The molecule has 0 bridgehead atoms. The summed E-state index contributed by atoms with van der Waals surface area (Å²) in [6, 6.07) is 3.49. The van der Waals surface area contributed by atoms with E-state index in [2.05, 4.69) is 15.4 Å². The monoisotopic (exact) mass is 264 g/mol. The molecule has 0 radical (unpaired) electrons. The predicted octanol–water partition coefficient (Wildman–Crippen LogP) is 0.565. The lowest BCUT2D eigenvalue weighted by Gasteiger charge is -2.09. The fraction of sp³-hybridized carbons (Fsp3) is 0.455. The largest absolute Gasteiger partial charge is 0.479 e. The molecule has 1 saturated heterocycles. The third-order valence-corrected chi connectivity index (χ3v) is 2.94. The zero-order chi connectivity index (χ0) is 13.2. The van der Waals surface area contributed by atoms with Gasteiger partial charge in [-0.05, 0) is 30.2 Å². The number of carbonyl (C=O) groups is 1. The zero-order valence-electron chi connectivity index (χ0n) is 9.97. The quantitative estimate of drug-likeness (QED) is 0.860. The third-order valence-electron chi connectivity index (χ3n) is 2.94. The number of hydrogen-bond acceptors (Lipinski definition) is 6. The van der Waals surface area contributed by atoms with Gasteiger partial charge in [-0.2, -0.15) is 4.80 Å². The molecule has 2 atom stereocenters. The van der Waals surface area contributed by atoms with E-state index < -0.39 is 12.1 Å². The fourth-order valence-corrected chi connectivity index (χ4v) is 2.03. The topological polar surface area (TPSA) is 103 Å². The Hall–Kier alpha value is -2.22. The number of carboxylic acids is 1. The highest BCUT2D eigenvalue weighted by molar-refractivity contribution is 5.72. The summed E-state index contributed by atoms with van der Waals surface area (Å²) in [5.41, 5.74) is 0. The van der Waals surface area contributed by atoms with Crippen molar-refractivity contribution in [1.29, 1.82) is 0 Å². The van der Waals surface area contributed by atoms with Crippen molar-refractivity contribution in [3.05, 3.63) is 18.4 Å². The Morgan fingerprint density at radius 2 is 2.42 bits per heavy atom. The Bertz CT molecular complexity index is 565. The van der Waals surface area contributed by atoms with Gasteiger partial charge in [0.1, 0.15) is 0 Å². The first-order chi connectivity index (χ1) is 9.22. The van der Waals surface area contributed by atoms with Gasteiger partial charge in [-0.1, -0.05) is 0 Å². The van der Waals surface area contributed by atoms with E-state index in [1.165, 1.54) is 11.1 Å². The molecule has 1 aliphatic heterocycles. The van der Waals surface area contributed by atoms with Gasteiger partial charge in [-0.25, -0.2) is 4.79 Å². The highest BCUT2D eigenvalue weighted by Gasteiger charge is 2.31. The molecule has 0 aliphatic carbocycles. The Balaban J connectivity index is 1.64. The molecule has 1 aliphatic rings. The number of ether oxygens (including phenoxy) is 1. The molecule has 8 nitrogen and oxygen atoms in total. The molecule has 0 aromatic carbocycles. The summed E-state index contributed by atoms with van der Waals surface area (Å²) in [5, 5.41) is 20.8. The number of furan rings is 1. The molecule has 0 saturated carbocycles. The van der Waals surface area contributed by atoms with Crippen molar-refractivity contribution in [3.63, 3.8) is 0 Å². The molecular weight excluding hydrogens is 252 g/mol. The van der Waals surface area contributed by atoms with Crippen LogP contribution in [0, 0.1) is 0 Å². The summed E-state index contributed by atoms with van der Waals surface area (Å²) in [4.78, 5) is 12.2. The van der Waals surface area contributed by atoms with Gasteiger partial charge in [0, 0.05) is 0 Å². The maximum atomic E-state index is 10.8. The highest BCUT2D eigenvalue weighted by atomic mass is 16.5. The van der Waals surface area contributed by atoms with E-state index in [-0.39, 0.29) is 6.10 Å². The minimum absolute atomic E-state index is 0.195. The first-order valence-electron chi connectivity index (χ1n) is 5.92. The molecule has 3 rings (SSSR count). The van der Waals surface area contributed by atoms with Crippen LogP contribution in [0.5, 0.6) is 0 Å². The van der Waals surface area contributed by atoms with Gasteiger partial charge >= 0.3 is 5.97 Å². The molecule has 2 unspecified atom stereocenters. The van der Waals surface area contributed by atoms with Crippen LogP contribution in [0.4, 0.5) is 0 Å². The molecule has 100 valence electrons. The first-order valence-corrected chi connectivity index (χ1v) is 5.92. The van der Waals surface area contributed by atoms with Crippen molar-refractivity contribution in [2.45, 2.75) is 31.6 Å². The molecule has 2 aromatic rings. The Morgan fingerprint density at radius 1 is 1.53 bits per heavy atom. The van der Waals surface area contributed by atoms with Crippen LogP contribution in [0.3, 0.4) is 0 Å². The van der Waals surface area contributed by atoms with Crippen LogP contribution in [0.15, 0.2) is 22.8 Å². The summed E-state index contributed by atoms with van der Waals surface area (Å²) < 4.78 is 10.5. The smallest absolute Gasteiger partial charge is 0.332 e. The average Bonchev–Trinajstić information content (AvgIpc) is 3.09. The number of tetrazole rings is 1. The van der Waals surface area contributed by atoms with Gasteiger partial charge in [-0.3, -0.25) is 0 Å². The van der Waals surface area contributed by atoms with Crippen LogP contribution in [-0.4, -0.2) is 43.5 Å². The molecule has 3 heterocycles. The number of carboxylic acid groups (broad SMARTS) is 1. The number of rotatable bonds is 4. The molecule has 1 N–H and O–H groups in total. The summed E-state index contributed by atoms with van der Waals surface area (Å²) in [6.07, 6.45) is 1.81. The van der Waals surface area contributed by atoms with E-state index in [4.69, 9.17) is 14.3 Å². The van der Waals surface area contributed by atoms with Gasteiger partial charge in [-0.15, -0.1) is 10.2 Å². The molecule has 2 aromatic heterocycles.